The first-order valence-electron chi connectivity index (χ1n) is 4.71. The molecule has 0 radical (unpaired) electrons. The standard InChI is InChI=1S/C11H9ClN2OS/c1-7-14-9(6-16-7)5-10(15)8-2-3-13-11(12)4-8/h2-4,6H,5H2,1H3. The van der Waals surface area contributed by atoms with Gasteiger partial charge in [0.2, 0.25) is 0 Å². The van der Waals surface area contributed by atoms with E-state index in [0.717, 1.165) is 10.7 Å². The number of rotatable bonds is 3. The summed E-state index contributed by atoms with van der Waals surface area (Å²) in [5, 5.41) is 3.20. The van der Waals surface area contributed by atoms with E-state index in [4.69, 9.17) is 11.6 Å². The Hall–Kier alpha value is -1.26. The van der Waals surface area contributed by atoms with Gasteiger partial charge in [0.15, 0.2) is 5.78 Å². The summed E-state index contributed by atoms with van der Waals surface area (Å²) in [6.07, 6.45) is 1.84. The van der Waals surface area contributed by atoms with Gasteiger partial charge in [-0.25, -0.2) is 9.97 Å². The highest BCUT2D eigenvalue weighted by Gasteiger charge is 2.09. The van der Waals surface area contributed by atoms with Crippen LogP contribution in [-0.4, -0.2) is 15.8 Å². The lowest BCUT2D eigenvalue weighted by Gasteiger charge is -1.98. The number of nitrogens with zero attached hydrogens (tertiary/aromatic N) is 2. The molecule has 0 aliphatic heterocycles. The van der Waals surface area contributed by atoms with Crippen LogP contribution < -0.4 is 0 Å². The van der Waals surface area contributed by atoms with E-state index in [2.05, 4.69) is 9.97 Å². The maximum absolute atomic E-state index is 11.9. The molecule has 0 aliphatic rings. The van der Waals surface area contributed by atoms with Crippen LogP contribution in [0.4, 0.5) is 0 Å². The van der Waals surface area contributed by atoms with Crippen molar-refractivity contribution in [1.29, 1.82) is 0 Å². The van der Waals surface area contributed by atoms with Crippen molar-refractivity contribution in [1.82, 2.24) is 9.97 Å². The van der Waals surface area contributed by atoms with E-state index >= 15 is 0 Å². The summed E-state index contributed by atoms with van der Waals surface area (Å²) in [6.45, 7) is 1.92. The largest absolute Gasteiger partial charge is 0.294 e. The molecule has 82 valence electrons. The third-order valence-corrected chi connectivity index (χ3v) is 3.09. The van der Waals surface area contributed by atoms with Crippen molar-refractivity contribution in [3.63, 3.8) is 0 Å². The van der Waals surface area contributed by atoms with Crippen molar-refractivity contribution in [2.24, 2.45) is 0 Å². The van der Waals surface area contributed by atoms with E-state index in [0.29, 0.717) is 17.1 Å². The van der Waals surface area contributed by atoms with Gasteiger partial charge in [0.25, 0.3) is 0 Å². The second kappa shape index (κ2) is 4.72. The van der Waals surface area contributed by atoms with E-state index < -0.39 is 0 Å². The van der Waals surface area contributed by atoms with Crippen LogP contribution in [-0.2, 0) is 6.42 Å². The smallest absolute Gasteiger partial charge is 0.169 e. The topological polar surface area (TPSA) is 42.9 Å². The van der Waals surface area contributed by atoms with Crippen LogP contribution in [0.1, 0.15) is 21.1 Å². The molecule has 0 fully saturated rings. The number of pyridine rings is 1. The molecule has 0 bridgehead atoms. The number of aryl methyl sites for hydroxylation is 1. The maximum atomic E-state index is 11.9. The number of hydrogen-bond acceptors (Lipinski definition) is 4. The molecule has 0 atom stereocenters. The second-order valence-electron chi connectivity index (χ2n) is 3.33. The van der Waals surface area contributed by atoms with E-state index in [-0.39, 0.29) is 5.78 Å². The molecule has 0 aliphatic carbocycles. The van der Waals surface area contributed by atoms with E-state index in [1.165, 1.54) is 6.20 Å². The van der Waals surface area contributed by atoms with E-state index in [9.17, 15) is 4.79 Å². The zero-order valence-corrected chi connectivity index (χ0v) is 10.2. The minimum absolute atomic E-state index is 0.00889. The lowest BCUT2D eigenvalue weighted by Crippen LogP contribution is -2.04. The Balaban J connectivity index is 2.14. The molecule has 2 aromatic rings. The highest BCUT2D eigenvalue weighted by Crippen LogP contribution is 2.13. The van der Waals surface area contributed by atoms with Crippen molar-refractivity contribution in [3.05, 3.63) is 45.1 Å². The molecule has 2 heterocycles. The molecule has 2 aromatic heterocycles. The summed E-state index contributed by atoms with van der Waals surface area (Å²) in [6, 6.07) is 3.23. The van der Waals surface area contributed by atoms with Gasteiger partial charge in [-0.05, 0) is 19.1 Å². The predicted octanol–water partition coefficient (Wildman–Crippen LogP) is 2.93. The SMILES string of the molecule is Cc1nc(CC(=O)c2ccnc(Cl)c2)cs1. The molecule has 0 saturated heterocycles. The normalized spacial score (nSPS) is 10.4. The summed E-state index contributed by atoms with van der Waals surface area (Å²) in [5.41, 5.74) is 1.38. The fourth-order valence-corrected chi connectivity index (χ4v) is 2.12. The van der Waals surface area contributed by atoms with Gasteiger partial charge in [-0.2, -0.15) is 0 Å². The molecule has 0 spiro atoms. The van der Waals surface area contributed by atoms with Crippen molar-refractivity contribution < 1.29 is 4.79 Å². The van der Waals surface area contributed by atoms with Crippen LogP contribution in [0.25, 0.3) is 0 Å². The van der Waals surface area contributed by atoms with Crippen molar-refractivity contribution >= 4 is 28.7 Å². The Kier molecular flexibility index (Phi) is 3.31. The van der Waals surface area contributed by atoms with Crippen LogP contribution in [0, 0.1) is 6.92 Å². The van der Waals surface area contributed by atoms with Gasteiger partial charge in [-0.15, -0.1) is 11.3 Å². The van der Waals surface area contributed by atoms with E-state index in [1.807, 2.05) is 12.3 Å². The van der Waals surface area contributed by atoms with Gasteiger partial charge < -0.3 is 0 Å². The molecule has 16 heavy (non-hydrogen) atoms. The second-order valence-corrected chi connectivity index (χ2v) is 4.77. The lowest BCUT2D eigenvalue weighted by atomic mass is 10.1. The molecule has 0 unspecified atom stereocenters. The fourth-order valence-electron chi connectivity index (χ4n) is 1.33. The first kappa shape index (κ1) is 11.2. The first-order valence-corrected chi connectivity index (χ1v) is 5.96. The summed E-state index contributed by atoms with van der Waals surface area (Å²) in [4.78, 5) is 19.9. The summed E-state index contributed by atoms with van der Waals surface area (Å²) in [5.74, 6) is 0.00889. The monoisotopic (exact) mass is 252 g/mol. The number of carbonyl (C=O) groups is 1. The maximum Gasteiger partial charge on any atom is 0.169 e. The van der Waals surface area contributed by atoms with Gasteiger partial charge in [0.05, 0.1) is 17.1 Å². The molecule has 0 saturated carbocycles. The quantitative estimate of drug-likeness (QED) is 0.623. The number of hydrogen-bond donors (Lipinski definition) is 0. The van der Waals surface area contributed by atoms with Crippen LogP contribution in [0.2, 0.25) is 5.15 Å². The van der Waals surface area contributed by atoms with Crippen LogP contribution in [0.15, 0.2) is 23.7 Å². The average Bonchev–Trinajstić information content (AvgIpc) is 2.64. The number of Topliss-reactive ketones (excluding diaryl/α,β-unsaturated/α-hetero) is 1. The molecule has 2 rings (SSSR count). The summed E-state index contributed by atoms with van der Waals surface area (Å²) >= 11 is 7.26. The predicted molar refractivity (Wildman–Crippen MR) is 64.1 cm³/mol. The molecular weight excluding hydrogens is 244 g/mol. The molecule has 5 heteroatoms. The lowest BCUT2D eigenvalue weighted by molar-refractivity contribution is 0.0992. The molecule has 0 N–H and O–H groups in total. The summed E-state index contributed by atoms with van der Waals surface area (Å²) < 4.78 is 0. The fraction of sp³-hybridized carbons (Fsp3) is 0.182. The number of ketones is 1. The Morgan fingerprint density at radius 1 is 1.56 bits per heavy atom. The van der Waals surface area contributed by atoms with Crippen molar-refractivity contribution in [3.8, 4) is 0 Å². The Bertz CT molecular complexity index is 524. The summed E-state index contributed by atoms with van der Waals surface area (Å²) in [7, 11) is 0. The third-order valence-electron chi connectivity index (χ3n) is 2.06. The number of aromatic nitrogens is 2. The van der Waals surface area contributed by atoms with Crippen LogP contribution >= 0.6 is 22.9 Å². The van der Waals surface area contributed by atoms with Crippen LogP contribution in [0.3, 0.4) is 0 Å². The van der Waals surface area contributed by atoms with Gasteiger partial charge in [-0.1, -0.05) is 11.6 Å². The minimum atomic E-state index is 0.00889. The van der Waals surface area contributed by atoms with Gasteiger partial charge in [-0.3, -0.25) is 4.79 Å². The first-order chi connectivity index (χ1) is 7.65. The van der Waals surface area contributed by atoms with Gasteiger partial charge >= 0.3 is 0 Å². The van der Waals surface area contributed by atoms with E-state index in [1.54, 1.807) is 23.5 Å². The Labute approximate surface area is 102 Å². The average molecular weight is 253 g/mol. The van der Waals surface area contributed by atoms with Gasteiger partial charge in [0.1, 0.15) is 5.15 Å². The molecule has 3 nitrogen and oxygen atoms in total. The third kappa shape index (κ3) is 2.65. The minimum Gasteiger partial charge on any atom is -0.294 e. The molecule has 0 aromatic carbocycles. The van der Waals surface area contributed by atoms with Crippen molar-refractivity contribution in [2.45, 2.75) is 13.3 Å². The highest BCUT2D eigenvalue weighted by atomic mass is 35.5. The number of halogens is 1. The zero-order valence-electron chi connectivity index (χ0n) is 8.61. The van der Waals surface area contributed by atoms with Crippen LogP contribution in [0.5, 0.6) is 0 Å². The molecule has 0 amide bonds. The number of thiazole rings is 1. The number of carbonyl (C=O) groups excluding carboxylic acids is 1. The Morgan fingerprint density at radius 2 is 2.38 bits per heavy atom. The zero-order chi connectivity index (χ0) is 11.5. The Morgan fingerprint density at radius 3 is 3.00 bits per heavy atom. The molecular formula is C11H9ClN2OS. The van der Waals surface area contributed by atoms with Crippen molar-refractivity contribution in [2.75, 3.05) is 0 Å². The highest BCUT2D eigenvalue weighted by molar-refractivity contribution is 7.09. The van der Waals surface area contributed by atoms with Gasteiger partial charge in [0, 0.05) is 17.1 Å².